The molecule has 2 rings (SSSR count). The summed E-state index contributed by atoms with van der Waals surface area (Å²) in [5, 5.41) is 0. The van der Waals surface area contributed by atoms with Crippen molar-refractivity contribution < 1.29 is 9.53 Å². The average Bonchev–Trinajstić information content (AvgIpc) is 2.37. The number of carbonyl (C=O) groups is 1. The number of Topliss-reactive ketones (excluding diaryl/α,β-unsaturated/α-hetero) is 1. The maximum atomic E-state index is 11.0. The number of benzene rings is 2. The summed E-state index contributed by atoms with van der Waals surface area (Å²) < 4.78 is 5.72. The predicted octanol–water partition coefficient (Wildman–Crippen LogP) is 3.71. The Bertz CT molecular complexity index is 556. The fourth-order valence-corrected chi connectivity index (χ4v) is 1.96. The molecule has 0 N–H and O–H groups in total. The molecule has 2 nitrogen and oxygen atoms in total. The lowest BCUT2D eigenvalue weighted by molar-refractivity contribution is -0.116. The molecule has 0 aliphatic rings. The van der Waals surface area contributed by atoms with Gasteiger partial charge in [-0.15, -0.1) is 0 Å². The highest BCUT2D eigenvalue weighted by Crippen LogP contribution is 2.15. The van der Waals surface area contributed by atoms with Gasteiger partial charge in [-0.25, -0.2) is 0 Å². The molecule has 0 aromatic heterocycles. The minimum atomic E-state index is 0.174. The second-order valence-electron chi connectivity index (χ2n) is 4.80. The number of carbonyl (C=O) groups excluding carboxylic acids is 1. The molecule has 0 amide bonds. The zero-order valence-electron chi connectivity index (χ0n) is 11.3. The second-order valence-corrected chi connectivity index (χ2v) is 4.80. The molecule has 0 heterocycles. The summed E-state index contributed by atoms with van der Waals surface area (Å²) in [5.74, 6) is 1.00. The molecule has 2 heteroatoms. The molecule has 2 aromatic rings. The van der Waals surface area contributed by atoms with Crippen LogP contribution in [-0.4, -0.2) is 5.78 Å². The van der Waals surface area contributed by atoms with E-state index in [9.17, 15) is 4.79 Å². The fourth-order valence-electron chi connectivity index (χ4n) is 1.96. The molecule has 19 heavy (non-hydrogen) atoms. The van der Waals surface area contributed by atoms with Crippen molar-refractivity contribution in [3.63, 3.8) is 0 Å². The molecular formula is C17H18O2. The SMILES string of the molecule is CC(=O)Cc1ccc(OCc2cccc(C)c2)cc1. The van der Waals surface area contributed by atoms with E-state index in [0.717, 1.165) is 16.9 Å². The van der Waals surface area contributed by atoms with Crippen LogP contribution in [0.2, 0.25) is 0 Å². The molecule has 0 saturated carbocycles. The lowest BCUT2D eigenvalue weighted by atomic mass is 10.1. The van der Waals surface area contributed by atoms with E-state index in [2.05, 4.69) is 25.1 Å². The van der Waals surface area contributed by atoms with Crippen LogP contribution in [0.15, 0.2) is 48.5 Å². The van der Waals surface area contributed by atoms with Gasteiger partial charge >= 0.3 is 0 Å². The Morgan fingerprint density at radius 1 is 1.05 bits per heavy atom. The predicted molar refractivity (Wildman–Crippen MR) is 76.3 cm³/mol. The fraction of sp³-hybridized carbons (Fsp3) is 0.235. The van der Waals surface area contributed by atoms with E-state index in [1.54, 1.807) is 6.92 Å². The Kier molecular flexibility index (Phi) is 4.35. The summed E-state index contributed by atoms with van der Waals surface area (Å²) in [7, 11) is 0. The normalized spacial score (nSPS) is 10.2. The number of aryl methyl sites for hydroxylation is 1. The van der Waals surface area contributed by atoms with Gasteiger partial charge in [0, 0.05) is 6.42 Å². The highest BCUT2D eigenvalue weighted by Gasteiger charge is 1.99. The van der Waals surface area contributed by atoms with Crippen molar-refractivity contribution in [2.45, 2.75) is 26.9 Å². The number of rotatable bonds is 5. The Morgan fingerprint density at radius 2 is 1.79 bits per heavy atom. The van der Waals surface area contributed by atoms with Crippen LogP contribution in [0.5, 0.6) is 5.75 Å². The van der Waals surface area contributed by atoms with E-state index in [-0.39, 0.29) is 5.78 Å². The highest BCUT2D eigenvalue weighted by atomic mass is 16.5. The van der Waals surface area contributed by atoms with Crippen LogP contribution >= 0.6 is 0 Å². The van der Waals surface area contributed by atoms with Crippen molar-refractivity contribution in [3.8, 4) is 5.75 Å². The maximum absolute atomic E-state index is 11.0. The van der Waals surface area contributed by atoms with Crippen molar-refractivity contribution in [2.75, 3.05) is 0 Å². The summed E-state index contributed by atoms with van der Waals surface area (Å²) in [4.78, 5) is 11.0. The number of ether oxygens (including phenoxy) is 1. The summed E-state index contributed by atoms with van der Waals surface area (Å²) in [5.41, 5.74) is 3.42. The van der Waals surface area contributed by atoms with Gasteiger partial charge in [0.2, 0.25) is 0 Å². The summed E-state index contributed by atoms with van der Waals surface area (Å²) in [6.07, 6.45) is 0.484. The van der Waals surface area contributed by atoms with Crippen molar-refractivity contribution in [2.24, 2.45) is 0 Å². The third kappa shape index (κ3) is 4.25. The third-order valence-electron chi connectivity index (χ3n) is 2.86. The van der Waals surface area contributed by atoms with Crippen LogP contribution in [0.1, 0.15) is 23.6 Å². The largest absolute Gasteiger partial charge is 0.489 e. The smallest absolute Gasteiger partial charge is 0.134 e. The van der Waals surface area contributed by atoms with Crippen LogP contribution < -0.4 is 4.74 Å². The van der Waals surface area contributed by atoms with Crippen LogP contribution in [0.3, 0.4) is 0 Å². The molecule has 0 bridgehead atoms. The molecule has 0 aliphatic carbocycles. The van der Waals surface area contributed by atoms with E-state index in [4.69, 9.17) is 4.74 Å². The first kappa shape index (κ1) is 13.3. The van der Waals surface area contributed by atoms with Gasteiger partial charge in [-0.3, -0.25) is 4.79 Å². The standard InChI is InChI=1S/C17H18O2/c1-13-4-3-5-16(10-13)12-19-17-8-6-15(7-9-17)11-14(2)18/h3-10H,11-12H2,1-2H3. The zero-order valence-corrected chi connectivity index (χ0v) is 11.3. The van der Waals surface area contributed by atoms with Gasteiger partial charge < -0.3 is 4.74 Å². The van der Waals surface area contributed by atoms with Crippen LogP contribution in [0.25, 0.3) is 0 Å². The monoisotopic (exact) mass is 254 g/mol. The third-order valence-corrected chi connectivity index (χ3v) is 2.86. The molecule has 0 fully saturated rings. The average molecular weight is 254 g/mol. The Labute approximate surface area is 114 Å². The van der Waals surface area contributed by atoms with Crippen molar-refractivity contribution in [1.29, 1.82) is 0 Å². The number of hydrogen-bond acceptors (Lipinski definition) is 2. The lowest BCUT2D eigenvalue weighted by Gasteiger charge is -2.07. The van der Waals surface area contributed by atoms with Crippen molar-refractivity contribution in [3.05, 3.63) is 65.2 Å². The van der Waals surface area contributed by atoms with Gasteiger partial charge in [-0.05, 0) is 37.1 Å². The first-order chi connectivity index (χ1) is 9.13. The van der Waals surface area contributed by atoms with Gasteiger partial charge in [0.15, 0.2) is 0 Å². The van der Waals surface area contributed by atoms with Gasteiger partial charge in [0.1, 0.15) is 18.1 Å². The quantitative estimate of drug-likeness (QED) is 0.813. The van der Waals surface area contributed by atoms with E-state index in [0.29, 0.717) is 13.0 Å². The van der Waals surface area contributed by atoms with Crippen molar-refractivity contribution in [1.82, 2.24) is 0 Å². The molecule has 0 atom stereocenters. The molecule has 0 aliphatic heterocycles. The Morgan fingerprint density at radius 3 is 2.42 bits per heavy atom. The maximum Gasteiger partial charge on any atom is 0.134 e. The topological polar surface area (TPSA) is 26.3 Å². The Balaban J connectivity index is 1.94. The number of hydrogen-bond donors (Lipinski definition) is 0. The molecule has 0 radical (unpaired) electrons. The summed E-state index contributed by atoms with van der Waals surface area (Å²) >= 11 is 0. The first-order valence-corrected chi connectivity index (χ1v) is 6.40. The Hall–Kier alpha value is -2.09. The minimum Gasteiger partial charge on any atom is -0.489 e. The highest BCUT2D eigenvalue weighted by molar-refractivity contribution is 5.78. The zero-order chi connectivity index (χ0) is 13.7. The van der Waals surface area contributed by atoms with E-state index >= 15 is 0 Å². The second kappa shape index (κ2) is 6.19. The van der Waals surface area contributed by atoms with E-state index in [1.165, 1.54) is 5.56 Å². The van der Waals surface area contributed by atoms with Crippen molar-refractivity contribution >= 4 is 5.78 Å². The first-order valence-electron chi connectivity index (χ1n) is 6.40. The van der Waals surface area contributed by atoms with E-state index < -0.39 is 0 Å². The van der Waals surface area contributed by atoms with Crippen LogP contribution in [0.4, 0.5) is 0 Å². The van der Waals surface area contributed by atoms with Gasteiger partial charge in [-0.1, -0.05) is 42.0 Å². The van der Waals surface area contributed by atoms with Gasteiger partial charge in [-0.2, -0.15) is 0 Å². The molecule has 0 spiro atoms. The summed E-state index contributed by atoms with van der Waals surface area (Å²) in [6.45, 7) is 4.23. The molecule has 2 aromatic carbocycles. The number of ketones is 1. The van der Waals surface area contributed by atoms with Crippen LogP contribution in [-0.2, 0) is 17.8 Å². The van der Waals surface area contributed by atoms with Gasteiger partial charge in [0.25, 0.3) is 0 Å². The van der Waals surface area contributed by atoms with Gasteiger partial charge in [0.05, 0.1) is 0 Å². The summed E-state index contributed by atoms with van der Waals surface area (Å²) in [6, 6.07) is 16.0. The minimum absolute atomic E-state index is 0.174. The molecule has 98 valence electrons. The molecule has 0 unspecified atom stereocenters. The van der Waals surface area contributed by atoms with E-state index in [1.807, 2.05) is 30.3 Å². The van der Waals surface area contributed by atoms with Crippen LogP contribution in [0, 0.1) is 6.92 Å². The molecular weight excluding hydrogens is 236 g/mol. The lowest BCUT2D eigenvalue weighted by Crippen LogP contribution is -1.98. The molecule has 0 saturated heterocycles.